The third-order valence-corrected chi connectivity index (χ3v) is 4.67. The van der Waals surface area contributed by atoms with Crippen molar-refractivity contribution in [2.75, 3.05) is 5.32 Å². The number of hydrogen-bond acceptors (Lipinski definition) is 2. The number of hydrogen-bond donors (Lipinski definition) is 1. The topological polar surface area (TPSA) is 46.4 Å². The molecule has 4 nitrogen and oxygen atoms in total. The minimum absolute atomic E-state index is 0.245. The lowest BCUT2D eigenvalue weighted by Gasteiger charge is -2.07. The van der Waals surface area contributed by atoms with E-state index in [9.17, 15) is 9.18 Å². The Morgan fingerprint density at radius 2 is 1.88 bits per heavy atom. The number of carbonyl (C=O) groups excluding carboxylic acids is 1. The number of rotatable bonds is 3. The summed E-state index contributed by atoms with van der Waals surface area (Å²) in [5.41, 5.74) is 3.53. The minimum atomic E-state index is -0.458. The van der Waals surface area contributed by atoms with Gasteiger partial charge in [0, 0.05) is 28.1 Å². The van der Waals surface area contributed by atoms with E-state index in [4.69, 9.17) is 0 Å². The number of nitrogens with zero attached hydrogens (tertiary/aromatic N) is 2. The van der Waals surface area contributed by atoms with Gasteiger partial charge in [-0.1, -0.05) is 18.2 Å². The zero-order chi connectivity index (χ0) is 18.1. The summed E-state index contributed by atoms with van der Waals surface area (Å²) >= 11 is 3.27. The van der Waals surface area contributed by atoms with E-state index >= 15 is 0 Å². The van der Waals surface area contributed by atoms with Gasteiger partial charge in [-0.2, -0.15) is 0 Å². The van der Waals surface area contributed by atoms with E-state index in [1.165, 1.54) is 18.2 Å². The Balaban J connectivity index is 1.56. The number of nitrogens with one attached hydrogen (secondary N) is 1. The van der Waals surface area contributed by atoms with Crippen LogP contribution in [0, 0.1) is 5.82 Å². The molecule has 128 valence electrons. The van der Waals surface area contributed by atoms with Crippen molar-refractivity contribution in [2.24, 2.45) is 0 Å². The molecule has 0 spiro atoms. The molecule has 1 N–H and O–H groups in total. The predicted molar refractivity (Wildman–Crippen MR) is 103 cm³/mol. The highest BCUT2D eigenvalue weighted by Crippen LogP contribution is 2.23. The molecule has 0 fully saturated rings. The van der Waals surface area contributed by atoms with Gasteiger partial charge in [0.15, 0.2) is 0 Å². The van der Waals surface area contributed by atoms with Crippen LogP contribution in [0.15, 0.2) is 77.5 Å². The SMILES string of the molecule is O=C(Nc1ccc(-c2cn3ccccc3n2)cc1)c1cc(F)ccc1Br. The third-order valence-electron chi connectivity index (χ3n) is 3.98. The van der Waals surface area contributed by atoms with Crippen molar-refractivity contribution in [2.45, 2.75) is 0 Å². The standard InChI is InChI=1S/C20H13BrFN3O/c21-17-9-6-14(22)11-16(17)20(26)23-15-7-4-13(5-8-15)18-12-25-10-2-1-3-19(25)24-18/h1-12H,(H,23,26). The molecule has 0 radical (unpaired) electrons. The van der Waals surface area contributed by atoms with Crippen LogP contribution in [0.2, 0.25) is 0 Å². The van der Waals surface area contributed by atoms with Crippen LogP contribution < -0.4 is 5.32 Å². The molecular weight excluding hydrogens is 397 g/mol. The summed E-state index contributed by atoms with van der Waals surface area (Å²) in [6, 6.07) is 17.2. The van der Waals surface area contributed by atoms with Crippen LogP contribution in [0.25, 0.3) is 16.9 Å². The molecule has 0 atom stereocenters. The monoisotopic (exact) mass is 409 g/mol. The third kappa shape index (κ3) is 3.23. The van der Waals surface area contributed by atoms with Crippen LogP contribution in [0.4, 0.5) is 10.1 Å². The van der Waals surface area contributed by atoms with Crippen LogP contribution in [0.3, 0.4) is 0 Å². The van der Waals surface area contributed by atoms with E-state index in [1.807, 2.05) is 47.1 Å². The normalized spacial score (nSPS) is 10.8. The maximum absolute atomic E-state index is 13.4. The maximum Gasteiger partial charge on any atom is 0.256 e. The molecule has 0 saturated carbocycles. The lowest BCUT2D eigenvalue weighted by Crippen LogP contribution is -2.12. The second-order valence-electron chi connectivity index (χ2n) is 5.75. The van der Waals surface area contributed by atoms with Gasteiger partial charge in [-0.3, -0.25) is 4.79 Å². The molecule has 0 saturated heterocycles. The molecule has 26 heavy (non-hydrogen) atoms. The summed E-state index contributed by atoms with van der Waals surface area (Å²) in [6.07, 6.45) is 3.89. The van der Waals surface area contributed by atoms with Gasteiger partial charge in [0.25, 0.3) is 5.91 Å². The van der Waals surface area contributed by atoms with Crippen molar-refractivity contribution in [1.29, 1.82) is 0 Å². The summed E-state index contributed by atoms with van der Waals surface area (Å²) in [5.74, 6) is -0.836. The molecule has 0 aliphatic rings. The molecule has 0 aliphatic carbocycles. The quantitative estimate of drug-likeness (QED) is 0.508. The van der Waals surface area contributed by atoms with E-state index in [2.05, 4.69) is 26.2 Å². The van der Waals surface area contributed by atoms with Gasteiger partial charge >= 0.3 is 0 Å². The van der Waals surface area contributed by atoms with Gasteiger partial charge in [0.2, 0.25) is 0 Å². The summed E-state index contributed by atoms with van der Waals surface area (Å²) < 4.78 is 15.9. The highest BCUT2D eigenvalue weighted by Gasteiger charge is 2.12. The fraction of sp³-hybridized carbons (Fsp3) is 0. The highest BCUT2D eigenvalue weighted by atomic mass is 79.9. The van der Waals surface area contributed by atoms with Gasteiger partial charge in [0.1, 0.15) is 11.5 Å². The molecular formula is C20H13BrFN3O. The number of amides is 1. The Hall–Kier alpha value is -2.99. The first kappa shape index (κ1) is 16.5. The molecule has 1 amide bonds. The van der Waals surface area contributed by atoms with E-state index in [-0.39, 0.29) is 11.5 Å². The second-order valence-corrected chi connectivity index (χ2v) is 6.60. The molecule has 4 rings (SSSR count). The van der Waals surface area contributed by atoms with Crippen molar-refractivity contribution in [3.63, 3.8) is 0 Å². The van der Waals surface area contributed by atoms with Gasteiger partial charge in [-0.05, 0) is 58.4 Å². The highest BCUT2D eigenvalue weighted by molar-refractivity contribution is 9.10. The first-order chi connectivity index (χ1) is 12.6. The van der Waals surface area contributed by atoms with Crippen LogP contribution in [0.1, 0.15) is 10.4 Å². The van der Waals surface area contributed by atoms with E-state index in [1.54, 1.807) is 12.1 Å². The molecule has 6 heteroatoms. The van der Waals surface area contributed by atoms with Crippen molar-refractivity contribution < 1.29 is 9.18 Å². The van der Waals surface area contributed by atoms with Crippen LogP contribution in [0.5, 0.6) is 0 Å². The lowest BCUT2D eigenvalue weighted by molar-refractivity contribution is 0.102. The second kappa shape index (κ2) is 6.72. The van der Waals surface area contributed by atoms with Gasteiger partial charge in [-0.25, -0.2) is 9.37 Å². The van der Waals surface area contributed by atoms with Crippen LogP contribution in [-0.4, -0.2) is 15.3 Å². The Morgan fingerprint density at radius 3 is 2.65 bits per heavy atom. The van der Waals surface area contributed by atoms with Gasteiger partial charge in [0.05, 0.1) is 11.3 Å². The summed E-state index contributed by atoms with van der Waals surface area (Å²) in [5, 5.41) is 2.77. The summed E-state index contributed by atoms with van der Waals surface area (Å²) in [4.78, 5) is 16.9. The fourth-order valence-corrected chi connectivity index (χ4v) is 3.09. The zero-order valence-corrected chi connectivity index (χ0v) is 15.1. The number of benzene rings is 2. The maximum atomic E-state index is 13.4. The van der Waals surface area contributed by atoms with Crippen molar-refractivity contribution in [1.82, 2.24) is 9.38 Å². The number of pyridine rings is 1. The zero-order valence-electron chi connectivity index (χ0n) is 13.5. The molecule has 4 aromatic rings. The van der Waals surface area contributed by atoms with Crippen molar-refractivity contribution in [3.8, 4) is 11.3 Å². The fourth-order valence-electron chi connectivity index (χ4n) is 2.67. The van der Waals surface area contributed by atoms with Gasteiger partial charge in [-0.15, -0.1) is 0 Å². The number of anilines is 1. The van der Waals surface area contributed by atoms with Crippen LogP contribution in [-0.2, 0) is 0 Å². The summed E-state index contributed by atoms with van der Waals surface area (Å²) in [6.45, 7) is 0. The average Bonchev–Trinajstić information content (AvgIpc) is 3.08. The number of aromatic nitrogens is 2. The Kier molecular flexibility index (Phi) is 4.26. The number of halogens is 2. The molecule has 0 unspecified atom stereocenters. The van der Waals surface area contributed by atoms with Crippen LogP contribution >= 0.6 is 15.9 Å². The Labute approximate surface area is 157 Å². The molecule has 0 bridgehead atoms. The van der Waals surface area contributed by atoms with E-state index < -0.39 is 5.82 Å². The largest absolute Gasteiger partial charge is 0.322 e. The summed E-state index contributed by atoms with van der Waals surface area (Å²) in [7, 11) is 0. The smallest absolute Gasteiger partial charge is 0.256 e. The van der Waals surface area contributed by atoms with E-state index in [0.717, 1.165) is 16.9 Å². The Morgan fingerprint density at radius 1 is 1.08 bits per heavy atom. The van der Waals surface area contributed by atoms with Crippen molar-refractivity contribution in [3.05, 3.63) is 88.9 Å². The molecule has 2 heterocycles. The number of fused-ring (bicyclic) bond motifs is 1. The molecule has 2 aromatic carbocycles. The lowest BCUT2D eigenvalue weighted by atomic mass is 10.1. The minimum Gasteiger partial charge on any atom is -0.322 e. The van der Waals surface area contributed by atoms with Gasteiger partial charge < -0.3 is 9.72 Å². The average molecular weight is 410 g/mol. The predicted octanol–water partition coefficient (Wildman–Crippen LogP) is 5.16. The molecule has 2 aromatic heterocycles. The molecule has 0 aliphatic heterocycles. The first-order valence-corrected chi connectivity index (χ1v) is 8.70. The first-order valence-electron chi connectivity index (χ1n) is 7.91. The Bertz CT molecular complexity index is 1070. The van der Waals surface area contributed by atoms with Crippen molar-refractivity contribution >= 4 is 33.2 Å². The van der Waals surface area contributed by atoms with E-state index in [0.29, 0.717) is 10.2 Å². The number of imidazole rings is 1. The number of carbonyl (C=O) groups is 1.